The molecule has 1 aliphatic heterocycles. The second kappa shape index (κ2) is 9.76. The normalized spacial score (nSPS) is 17.7. The number of carbonyl (C=O) groups is 3. The molecule has 160 valence electrons. The fourth-order valence-corrected chi connectivity index (χ4v) is 3.23. The molecular formula is C22H32N2O5. The van der Waals surface area contributed by atoms with Crippen molar-refractivity contribution in [2.24, 2.45) is 5.92 Å². The van der Waals surface area contributed by atoms with Crippen LogP contribution in [-0.4, -0.2) is 47.1 Å². The molecule has 1 aromatic carbocycles. The summed E-state index contributed by atoms with van der Waals surface area (Å²) in [6.45, 7) is 9.67. The van der Waals surface area contributed by atoms with Crippen molar-refractivity contribution < 1.29 is 23.9 Å². The van der Waals surface area contributed by atoms with Gasteiger partial charge < -0.3 is 19.7 Å². The van der Waals surface area contributed by atoms with Crippen LogP contribution in [0.5, 0.6) is 0 Å². The molecule has 1 N–H and O–H groups in total. The topological polar surface area (TPSA) is 84.9 Å². The van der Waals surface area contributed by atoms with Crippen LogP contribution in [-0.2, 0) is 25.7 Å². The van der Waals surface area contributed by atoms with E-state index < -0.39 is 29.7 Å². The number of hydrogen-bond acceptors (Lipinski definition) is 5. The third-order valence-electron chi connectivity index (χ3n) is 4.63. The van der Waals surface area contributed by atoms with Crippen molar-refractivity contribution in [1.29, 1.82) is 0 Å². The Bertz CT molecular complexity index is 712. The summed E-state index contributed by atoms with van der Waals surface area (Å²) in [6, 6.07) is 7.92. The van der Waals surface area contributed by atoms with Crippen molar-refractivity contribution in [3.05, 3.63) is 35.9 Å². The zero-order valence-electron chi connectivity index (χ0n) is 17.9. The first kappa shape index (κ1) is 22.7. The molecular weight excluding hydrogens is 372 g/mol. The van der Waals surface area contributed by atoms with Crippen LogP contribution < -0.4 is 5.32 Å². The standard InChI is InChI=1S/C22H32N2O5/c1-15(2)18(23-21(27)28-14-16-10-7-6-8-11-16)19(25)24-13-9-12-17(24)20(26)29-22(3,4)5/h6-8,10-11,15,17-18H,9,12-14H2,1-5H3,(H,23,27)/t17-,18+/m0/s1. The van der Waals surface area contributed by atoms with E-state index in [0.29, 0.717) is 13.0 Å². The van der Waals surface area contributed by atoms with E-state index in [4.69, 9.17) is 9.47 Å². The van der Waals surface area contributed by atoms with Gasteiger partial charge in [-0.25, -0.2) is 9.59 Å². The minimum Gasteiger partial charge on any atom is -0.458 e. The molecule has 2 atom stereocenters. The lowest BCUT2D eigenvalue weighted by Gasteiger charge is -2.31. The highest BCUT2D eigenvalue weighted by molar-refractivity contribution is 5.90. The van der Waals surface area contributed by atoms with Crippen molar-refractivity contribution >= 4 is 18.0 Å². The maximum atomic E-state index is 13.1. The van der Waals surface area contributed by atoms with Crippen LogP contribution >= 0.6 is 0 Å². The molecule has 29 heavy (non-hydrogen) atoms. The third-order valence-corrected chi connectivity index (χ3v) is 4.63. The molecule has 1 aromatic rings. The van der Waals surface area contributed by atoms with Crippen molar-refractivity contribution in [3.8, 4) is 0 Å². The Morgan fingerprint density at radius 3 is 2.41 bits per heavy atom. The molecule has 1 saturated heterocycles. The van der Waals surface area contributed by atoms with Crippen LogP contribution in [0.2, 0.25) is 0 Å². The van der Waals surface area contributed by atoms with Gasteiger partial charge in [-0.1, -0.05) is 44.2 Å². The molecule has 7 nitrogen and oxygen atoms in total. The number of nitrogens with one attached hydrogen (secondary N) is 1. The van der Waals surface area contributed by atoms with Gasteiger partial charge in [0.05, 0.1) is 0 Å². The molecule has 0 spiro atoms. The van der Waals surface area contributed by atoms with Gasteiger partial charge in [-0.2, -0.15) is 0 Å². The Morgan fingerprint density at radius 1 is 1.17 bits per heavy atom. The van der Waals surface area contributed by atoms with Crippen molar-refractivity contribution in [2.45, 2.75) is 71.8 Å². The van der Waals surface area contributed by atoms with E-state index in [1.807, 2.05) is 44.2 Å². The van der Waals surface area contributed by atoms with Gasteiger partial charge in [0.2, 0.25) is 5.91 Å². The Hall–Kier alpha value is -2.57. The average Bonchev–Trinajstić information content (AvgIpc) is 3.13. The van der Waals surface area contributed by atoms with Crippen molar-refractivity contribution in [1.82, 2.24) is 10.2 Å². The summed E-state index contributed by atoms with van der Waals surface area (Å²) < 4.78 is 10.7. The summed E-state index contributed by atoms with van der Waals surface area (Å²) in [6.07, 6.45) is 0.622. The van der Waals surface area contributed by atoms with Crippen LogP contribution in [0.1, 0.15) is 53.0 Å². The van der Waals surface area contributed by atoms with Gasteiger partial charge in [-0.3, -0.25) is 4.79 Å². The quantitative estimate of drug-likeness (QED) is 0.736. The third kappa shape index (κ3) is 6.76. The Morgan fingerprint density at radius 2 is 1.83 bits per heavy atom. The number of rotatable bonds is 6. The average molecular weight is 405 g/mol. The number of benzene rings is 1. The molecule has 0 saturated carbocycles. The fraction of sp³-hybridized carbons (Fsp3) is 0.591. The molecule has 7 heteroatoms. The number of esters is 1. The predicted molar refractivity (Wildman–Crippen MR) is 109 cm³/mol. The molecule has 0 radical (unpaired) electrons. The largest absolute Gasteiger partial charge is 0.458 e. The molecule has 1 fully saturated rings. The summed E-state index contributed by atoms with van der Waals surface area (Å²) in [5.74, 6) is -0.853. The number of ether oxygens (including phenoxy) is 2. The molecule has 2 amide bonds. The highest BCUT2D eigenvalue weighted by atomic mass is 16.6. The first-order chi connectivity index (χ1) is 13.6. The maximum Gasteiger partial charge on any atom is 0.408 e. The first-order valence-electron chi connectivity index (χ1n) is 10.1. The van der Waals surface area contributed by atoms with E-state index in [1.165, 1.54) is 4.90 Å². The zero-order chi connectivity index (χ0) is 21.6. The zero-order valence-corrected chi connectivity index (χ0v) is 17.9. The van der Waals surface area contributed by atoms with Crippen LogP contribution in [0.15, 0.2) is 30.3 Å². The van der Waals surface area contributed by atoms with Crippen molar-refractivity contribution in [3.63, 3.8) is 0 Å². The summed E-state index contributed by atoms with van der Waals surface area (Å²) in [4.78, 5) is 39.4. The second-order valence-electron chi connectivity index (χ2n) is 8.65. The number of alkyl carbamates (subject to hydrolysis) is 1. The number of hydrogen-bond donors (Lipinski definition) is 1. The highest BCUT2D eigenvalue weighted by Crippen LogP contribution is 2.23. The van der Waals surface area contributed by atoms with E-state index in [0.717, 1.165) is 12.0 Å². The maximum absolute atomic E-state index is 13.1. The Kier molecular flexibility index (Phi) is 7.65. The minimum atomic E-state index is -0.777. The Labute approximate surface area is 172 Å². The van der Waals surface area contributed by atoms with Crippen molar-refractivity contribution in [2.75, 3.05) is 6.54 Å². The van der Waals surface area contributed by atoms with Gasteiger partial charge in [-0.05, 0) is 45.1 Å². The van der Waals surface area contributed by atoms with Gasteiger partial charge in [0.25, 0.3) is 0 Å². The molecule has 0 unspecified atom stereocenters. The number of carbonyl (C=O) groups excluding carboxylic acids is 3. The summed E-state index contributed by atoms with van der Waals surface area (Å²) in [7, 11) is 0. The van der Waals surface area contributed by atoms with E-state index >= 15 is 0 Å². The van der Waals surface area contributed by atoms with E-state index in [1.54, 1.807) is 20.8 Å². The lowest BCUT2D eigenvalue weighted by atomic mass is 10.0. The summed E-state index contributed by atoms with van der Waals surface area (Å²) in [5.41, 5.74) is 0.241. The predicted octanol–water partition coefficient (Wildman–Crippen LogP) is 3.27. The molecule has 0 aromatic heterocycles. The van der Waals surface area contributed by atoms with E-state index in [9.17, 15) is 14.4 Å². The van der Waals surface area contributed by atoms with Gasteiger partial charge >= 0.3 is 12.1 Å². The lowest BCUT2D eigenvalue weighted by Crippen LogP contribution is -2.54. The molecule has 1 heterocycles. The number of likely N-dealkylation sites (tertiary alicyclic amines) is 1. The molecule has 2 rings (SSSR count). The molecule has 1 aliphatic rings. The van der Waals surface area contributed by atoms with Gasteiger partial charge in [0, 0.05) is 6.54 Å². The van der Waals surface area contributed by atoms with Gasteiger partial charge in [-0.15, -0.1) is 0 Å². The monoisotopic (exact) mass is 404 g/mol. The number of amides is 2. The fourth-order valence-electron chi connectivity index (χ4n) is 3.23. The highest BCUT2D eigenvalue weighted by Gasteiger charge is 2.40. The summed E-state index contributed by atoms with van der Waals surface area (Å²) >= 11 is 0. The van der Waals surface area contributed by atoms with E-state index in [-0.39, 0.29) is 18.4 Å². The van der Waals surface area contributed by atoms with Crippen LogP contribution in [0.25, 0.3) is 0 Å². The lowest BCUT2D eigenvalue weighted by molar-refractivity contribution is -0.163. The summed E-state index contributed by atoms with van der Waals surface area (Å²) in [5, 5.41) is 2.67. The first-order valence-corrected chi connectivity index (χ1v) is 10.1. The SMILES string of the molecule is CC(C)[C@@H](NC(=O)OCc1ccccc1)C(=O)N1CCC[C@H]1C(=O)OC(C)(C)C. The number of nitrogens with zero attached hydrogens (tertiary/aromatic N) is 1. The smallest absolute Gasteiger partial charge is 0.408 e. The minimum absolute atomic E-state index is 0.121. The van der Waals surface area contributed by atoms with Gasteiger partial charge in [0.15, 0.2) is 0 Å². The molecule has 0 aliphatic carbocycles. The van der Waals surface area contributed by atoms with E-state index in [2.05, 4.69) is 5.32 Å². The molecule has 0 bridgehead atoms. The van der Waals surface area contributed by atoms with Crippen LogP contribution in [0.4, 0.5) is 4.79 Å². The van der Waals surface area contributed by atoms with Crippen LogP contribution in [0, 0.1) is 5.92 Å². The Balaban J connectivity index is 2.00. The second-order valence-corrected chi connectivity index (χ2v) is 8.65. The van der Waals surface area contributed by atoms with Crippen LogP contribution in [0.3, 0.4) is 0 Å². The van der Waals surface area contributed by atoms with Gasteiger partial charge in [0.1, 0.15) is 24.3 Å².